The van der Waals surface area contributed by atoms with Crippen LogP contribution in [0, 0.1) is 6.92 Å². The number of rotatable bonds is 2. The SMILES string of the molecule is Cc1ccc(-c2ncc3n2CN(C(=O)c2cccnc2)c2ccccc2-3)cc1.Cl. The highest BCUT2D eigenvalue weighted by molar-refractivity contribution is 6.08. The Hall–Kier alpha value is -3.44. The minimum Gasteiger partial charge on any atom is -0.305 e. The van der Waals surface area contributed by atoms with Crippen molar-refractivity contribution < 1.29 is 4.79 Å². The van der Waals surface area contributed by atoms with Crippen molar-refractivity contribution in [2.45, 2.75) is 13.6 Å². The van der Waals surface area contributed by atoms with Gasteiger partial charge in [-0.1, -0.05) is 48.0 Å². The van der Waals surface area contributed by atoms with Gasteiger partial charge < -0.3 is 4.57 Å². The first kappa shape index (κ1) is 18.9. The van der Waals surface area contributed by atoms with Gasteiger partial charge in [0.1, 0.15) is 12.5 Å². The molecule has 0 saturated heterocycles. The zero-order valence-electron chi connectivity index (χ0n) is 15.8. The third-order valence-corrected chi connectivity index (χ3v) is 5.07. The van der Waals surface area contributed by atoms with Crippen LogP contribution in [0.3, 0.4) is 0 Å². The van der Waals surface area contributed by atoms with Crippen molar-refractivity contribution in [1.82, 2.24) is 14.5 Å². The number of benzene rings is 2. The number of anilines is 1. The van der Waals surface area contributed by atoms with Gasteiger partial charge in [-0.3, -0.25) is 14.7 Å². The molecule has 0 N–H and O–H groups in total. The van der Waals surface area contributed by atoms with Crippen molar-refractivity contribution in [3.8, 4) is 22.6 Å². The van der Waals surface area contributed by atoms with E-state index in [0.29, 0.717) is 12.2 Å². The van der Waals surface area contributed by atoms with Crippen LogP contribution in [0.5, 0.6) is 0 Å². The monoisotopic (exact) mass is 402 g/mol. The second kappa shape index (κ2) is 7.53. The lowest BCUT2D eigenvalue weighted by Gasteiger charge is -2.31. The number of carbonyl (C=O) groups is 1. The molecule has 4 aromatic rings. The molecule has 3 heterocycles. The number of fused-ring (bicyclic) bond motifs is 3. The predicted octanol–water partition coefficient (Wildman–Crippen LogP) is 4.96. The highest BCUT2D eigenvalue weighted by Gasteiger charge is 2.29. The Morgan fingerprint density at radius 1 is 0.966 bits per heavy atom. The molecule has 0 radical (unpaired) electrons. The third-order valence-electron chi connectivity index (χ3n) is 5.07. The lowest BCUT2D eigenvalue weighted by molar-refractivity contribution is 0.0979. The summed E-state index contributed by atoms with van der Waals surface area (Å²) in [6, 6.07) is 19.8. The first-order valence-corrected chi connectivity index (χ1v) is 9.16. The number of aryl methyl sites for hydroxylation is 1. The van der Waals surface area contributed by atoms with Crippen LogP contribution >= 0.6 is 12.4 Å². The summed E-state index contributed by atoms with van der Waals surface area (Å²) in [5.74, 6) is 0.781. The van der Waals surface area contributed by atoms with E-state index in [1.807, 2.05) is 30.5 Å². The summed E-state index contributed by atoms with van der Waals surface area (Å²) in [5.41, 5.74) is 5.70. The molecule has 2 aromatic heterocycles. The molecule has 2 aromatic carbocycles. The predicted molar refractivity (Wildman–Crippen MR) is 116 cm³/mol. The topological polar surface area (TPSA) is 51.0 Å². The molecule has 144 valence electrons. The number of carbonyl (C=O) groups excluding carboxylic acids is 1. The molecular weight excluding hydrogens is 384 g/mol. The number of pyridine rings is 1. The molecule has 0 aliphatic carbocycles. The highest BCUT2D eigenvalue weighted by atomic mass is 35.5. The van der Waals surface area contributed by atoms with E-state index in [0.717, 1.165) is 28.3 Å². The Bertz CT molecular complexity index is 1170. The van der Waals surface area contributed by atoms with Gasteiger partial charge in [0.25, 0.3) is 5.91 Å². The van der Waals surface area contributed by atoms with Crippen LogP contribution in [-0.2, 0) is 6.67 Å². The zero-order valence-corrected chi connectivity index (χ0v) is 16.6. The summed E-state index contributed by atoms with van der Waals surface area (Å²) in [6.45, 7) is 2.47. The molecular formula is C23H19ClN4O. The number of hydrogen-bond donors (Lipinski definition) is 0. The Morgan fingerprint density at radius 2 is 1.76 bits per heavy atom. The van der Waals surface area contributed by atoms with Crippen LogP contribution < -0.4 is 4.90 Å². The lowest BCUT2D eigenvalue weighted by atomic mass is 10.1. The minimum absolute atomic E-state index is 0. The van der Waals surface area contributed by atoms with Gasteiger partial charge in [-0.15, -0.1) is 12.4 Å². The second-order valence-corrected chi connectivity index (χ2v) is 6.89. The van der Waals surface area contributed by atoms with Crippen molar-refractivity contribution >= 4 is 24.0 Å². The number of aromatic nitrogens is 3. The maximum Gasteiger partial charge on any atom is 0.261 e. The van der Waals surface area contributed by atoms with Gasteiger partial charge in [-0.2, -0.15) is 0 Å². The Kier molecular flexibility index (Phi) is 4.91. The van der Waals surface area contributed by atoms with Crippen LogP contribution in [0.25, 0.3) is 22.6 Å². The van der Waals surface area contributed by atoms with Gasteiger partial charge in [-0.25, -0.2) is 4.98 Å². The smallest absolute Gasteiger partial charge is 0.261 e. The fourth-order valence-corrected chi connectivity index (χ4v) is 3.63. The van der Waals surface area contributed by atoms with E-state index in [2.05, 4.69) is 45.7 Å². The van der Waals surface area contributed by atoms with Crippen LogP contribution in [0.4, 0.5) is 5.69 Å². The van der Waals surface area contributed by atoms with E-state index in [4.69, 9.17) is 0 Å². The van der Waals surface area contributed by atoms with Gasteiger partial charge in [-0.05, 0) is 25.1 Å². The summed E-state index contributed by atoms with van der Waals surface area (Å²) < 4.78 is 2.10. The fraction of sp³-hybridized carbons (Fsp3) is 0.0870. The summed E-state index contributed by atoms with van der Waals surface area (Å²) >= 11 is 0. The Morgan fingerprint density at radius 3 is 2.52 bits per heavy atom. The quantitative estimate of drug-likeness (QED) is 0.476. The third kappa shape index (κ3) is 3.19. The molecule has 0 saturated carbocycles. The molecule has 5 rings (SSSR count). The van der Waals surface area contributed by atoms with Gasteiger partial charge in [0, 0.05) is 23.5 Å². The van der Waals surface area contributed by atoms with E-state index in [1.54, 1.807) is 29.4 Å². The summed E-state index contributed by atoms with van der Waals surface area (Å²) in [5, 5.41) is 0. The maximum absolute atomic E-state index is 13.2. The van der Waals surface area contributed by atoms with Crippen molar-refractivity contribution in [3.05, 3.63) is 90.4 Å². The molecule has 0 bridgehead atoms. The second-order valence-electron chi connectivity index (χ2n) is 6.89. The summed E-state index contributed by atoms with van der Waals surface area (Å²) in [6.07, 6.45) is 5.17. The number of amides is 1. The van der Waals surface area contributed by atoms with Crippen LogP contribution in [0.15, 0.2) is 79.3 Å². The average Bonchev–Trinajstić information content (AvgIpc) is 3.18. The van der Waals surface area contributed by atoms with Crippen molar-refractivity contribution in [2.75, 3.05) is 4.90 Å². The number of imidazole rings is 1. The number of para-hydroxylation sites is 1. The van der Waals surface area contributed by atoms with Gasteiger partial charge in [0.05, 0.1) is 23.1 Å². The van der Waals surface area contributed by atoms with Crippen LogP contribution in [-0.4, -0.2) is 20.4 Å². The van der Waals surface area contributed by atoms with E-state index in [1.165, 1.54) is 5.56 Å². The molecule has 5 nitrogen and oxygen atoms in total. The molecule has 0 atom stereocenters. The van der Waals surface area contributed by atoms with E-state index in [9.17, 15) is 4.79 Å². The molecule has 0 fully saturated rings. The number of halogens is 1. The molecule has 1 amide bonds. The fourth-order valence-electron chi connectivity index (χ4n) is 3.63. The zero-order chi connectivity index (χ0) is 19.1. The molecule has 6 heteroatoms. The van der Waals surface area contributed by atoms with E-state index >= 15 is 0 Å². The van der Waals surface area contributed by atoms with Crippen LogP contribution in [0.2, 0.25) is 0 Å². The van der Waals surface area contributed by atoms with Gasteiger partial charge in [0.15, 0.2) is 0 Å². The average molecular weight is 403 g/mol. The molecule has 1 aliphatic rings. The highest BCUT2D eigenvalue weighted by Crippen LogP contribution is 2.38. The van der Waals surface area contributed by atoms with E-state index in [-0.39, 0.29) is 18.3 Å². The summed E-state index contributed by atoms with van der Waals surface area (Å²) in [4.78, 5) is 23.8. The van der Waals surface area contributed by atoms with E-state index < -0.39 is 0 Å². The summed E-state index contributed by atoms with van der Waals surface area (Å²) in [7, 11) is 0. The largest absolute Gasteiger partial charge is 0.305 e. The first-order chi connectivity index (χ1) is 13.7. The van der Waals surface area contributed by atoms with Crippen molar-refractivity contribution in [1.29, 1.82) is 0 Å². The standard InChI is InChI=1S/C23H18N4O.ClH/c1-16-8-10-17(11-9-16)22-25-14-21-19-6-2-3-7-20(19)27(15-26(21)22)23(28)18-5-4-12-24-13-18;/h2-14H,15H2,1H3;1H. The van der Waals surface area contributed by atoms with Crippen molar-refractivity contribution in [2.24, 2.45) is 0 Å². The minimum atomic E-state index is -0.0743. The van der Waals surface area contributed by atoms with Gasteiger partial charge >= 0.3 is 0 Å². The van der Waals surface area contributed by atoms with Gasteiger partial charge in [0.2, 0.25) is 0 Å². The number of nitrogens with zero attached hydrogens (tertiary/aromatic N) is 4. The molecule has 29 heavy (non-hydrogen) atoms. The Labute approximate surface area is 175 Å². The molecule has 1 aliphatic heterocycles. The Balaban J connectivity index is 0.00000205. The first-order valence-electron chi connectivity index (χ1n) is 9.16. The number of hydrogen-bond acceptors (Lipinski definition) is 3. The van der Waals surface area contributed by atoms with Crippen molar-refractivity contribution in [3.63, 3.8) is 0 Å². The molecule has 0 spiro atoms. The lowest BCUT2D eigenvalue weighted by Crippen LogP contribution is -2.36. The van der Waals surface area contributed by atoms with Crippen LogP contribution in [0.1, 0.15) is 15.9 Å². The molecule has 0 unspecified atom stereocenters. The normalized spacial score (nSPS) is 12.0. The maximum atomic E-state index is 13.2.